The van der Waals surface area contributed by atoms with Crippen molar-refractivity contribution in [1.82, 2.24) is 9.80 Å². The van der Waals surface area contributed by atoms with Crippen molar-refractivity contribution in [3.63, 3.8) is 0 Å². The third kappa shape index (κ3) is 4.89. The highest BCUT2D eigenvalue weighted by molar-refractivity contribution is 7.16. The van der Waals surface area contributed by atoms with E-state index >= 15 is 0 Å². The maximum Gasteiger partial charge on any atom is 0.291 e. The quantitative estimate of drug-likeness (QED) is 0.559. The van der Waals surface area contributed by atoms with Crippen LogP contribution in [0.4, 0.5) is 9.39 Å². The van der Waals surface area contributed by atoms with Gasteiger partial charge in [0, 0.05) is 36.6 Å². The molecule has 4 rings (SSSR count). The summed E-state index contributed by atoms with van der Waals surface area (Å²) in [6, 6.07) is 12.2. The average Bonchev–Trinajstić information content (AvgIpc) is 3.45. The fourth-order valence-corrected chi connectivity index (χ4v) is 5.13. The minimum atomic E-state index is -0.274. The molecule has 1 aliphatic rings. The monoisotopic (exact) mass is 441 g/mol. The van der Waals surface area contributed by atoms with Crippen LogP contribution in [0.25, 0.3) is 0 Å². The number of hydrogen-bond acceptors (Lipinski definition) is 5. The Balaban J connectivity index is 1.72. The summed E-state index contributed by atoms with van der Waals surface area (Å²) in [7, 11) is 0. The molecule has 7 heteroatoms. The predicted octanol–water partition coefficient (Wildman–Crippen LogP) is 5.02. The number of likely N-dealkylation sites (N-methyl/N-ethyl adjacent to an activating group) is 1. The molecule has 0 unspecified atom stereocenters. The molecule has 1 fully saturated rings. The molecule has 2 aromatic heterocycles. The molecule has 3 heterocycles. The Morgan fingerprint density at radius 1 is 1.16 bits per heavy atom. The largest absolute Gasteiger partial charge is 0.459 e. The minimum absolute atomic E-state index is 0.127. The smallest absolute Gasteiger partial charge is 0.291 e. The Labute approximate surface area is 186 Å². The van der Waals surface area contributed by atoms with Crippen LogP contribution in [0.15, 0.2) is 53.1 Å². The molecule has 1 saturated heterocycles. The maximum absolute atomic E-state index is 14.2. The first-order chi connectivity index (χ1) is 15.1. The molecule has 31 heavy (non-hydrogen) atoms. The van der Waals surface area contributed by atoms with Gasteiger partial charge >= 0.3 is 0 Å². The van der Waals surface area contributed by atoms with Crippen molar-refractivity contribution in [2.45, 2.75) is 26.3 Å². The van der Waals surface area contributed by atoms with Crippen molar-refractivity contribution in [3.8, 4) is 0 Å². The van der Waals surface area contributed by atoms with Crippen LogP contribution in [-0.2, 0) is 6.42 Å². The second kappa shape index (κ2) is 9.77. The fourth-order valence-electron chi connectivity index (χ4n) is 4.11. The number of amides is 1. The number of nitrogens with zero attached hydrogens (tertiary/aromatic N) is 2. The Morgan fingerprint density at radius 3 is 2.61 bits per heavy atom. The van der Waals surface area contributed by atoms with E-state index in [1.54, 1.807) is 35.6 Å². The maximum atomic E-state index is 14.2. The average molecular weight is 442 g/mol. The molecule has 1 N–H and O–H groups in total. The van der Waals surface area contributed by atoms with Gasteiger partial charge in [-0.05, 0) is 48.9 Å². The lowest BCUT2D eigenvalue weighted by atomic mass is 9.97. The number of carbonyl (C=O) groups is 1. The SMILES string of the molecule is CCc1cc([C@H](c2cccc(F)c2)N2CCN(CC)CC2)c(NC(=O)c2ccco2)s1. The van der Waals surface area contributed by atoms with E-state index in [1.807, 2.05) is 6.07 Å². The van der Waals surface area contributed by atoms with Crippen LogP contribution in [0.1, 0.15) is 46.4 Å². The van der Waals surface area contributed by atoms with Gasteiger partial charge in [0.2, 0.25) is 0 Å². The van der Waals surface area contributed by atoms with E-state index in [0.717, 1.165) is 55.3 Å². The number of carbonyl (C=O) groups excluding carboxylic acids is 1. The number of anilines is 1. The van der Waals surface area contributed by atoms with Crippen molar-refractivity contribution >= 4 is 22.2 Å². The topological polar surface area (TPSA) is 48.7 Å². The van der Waals surface area contributed by atoms with Gasteiger partial charge < -0.3 is 14.6 Å². The molecule has 1 aliphatic heterocycles. The molecular weight excluding hydrogens is 413 g/mol. The third-order valence-electron chi connectivity index (χ3n) is 5.81. The molecule has 0 spiro atoms. The van der Waals surface area contributed by atoms with Gasteiger partial charge in [-0.1, -0.05) is 26.0 Å². The second-order valence-electron chi connectivity index (χ2n) is 7.71. The summed E-state index contributed by atoms with van der Waals surface area (Å²) in [4.78, 5) is 18.7. The summed E-state index contributed by atoms with van der Waals surface area (Å²) in [5.41, 5.74) is 1.91. The van der Waals surface area contributed by atoms with Crippen molar-refractivity contribution in [2.24, 2.45) is 0 Å². The fraction of sp³-hybridized carbons (Fsp3) is 0.375. The molecule has 0 bridgehead atoms. The first-order valence-electron chi connectivity index (χ1n) is 10.8. The summed E-state index contributed by atoms with van der Waals surface area (Å²) >= 11 is 1.58. The van der Waals surface area contributed by atoms with E-state index in [-0.39, 0.29) is 23.5 Å². The number of aryl methyl sites for hydroxylation is 1. The Morgan fingerprint density at radius 2 is 1.97 bits per heavy atom. The lowest BCUT2D eigenvalue weighted by Gasteiger charge is -2.39. The van der Waals surface area contributed by atoms with Gasteiger partial charge in [-0.3, -0.25) is 9.69 Å². The van der Waals surface area contributed by atoms with Crippen molar-refractivity contribution in [1.29, 1.82) is 0 Å². The van der Waals surface area contributed by atoms with E-state index in [9.17, 15) is 9.18 Å². The van der Waals surface area contributed by atoms with Gasteiger partial charge in [0.15, 0.2) is 5.76 Å². The lowest BCUT2D eigenvalue weighted by molar-refractivity contribution is 0.0995. The first kappa shape index (κ1) is 21.7. The van der Waals surface area contributed by atoms with Gasteiger partial charge in [-0.15, -0.1) is 11.3 Å². The summed E-state index contributed by atoms with van der Waals surface area (Å²) < 4.78 is 19.5. The number of hydrogen-bond donors (Lipinski definition) is 1. The number of furan rings is 1. The van der Waals surface area contributed by atoms with Crippen LogP contribution < -0.4 is 5.32 Å². The molecular formula is C24H28FN3O2S. The van der Waals surface area contributed by atoms with Gasteiger partial charge in [0.1, 0.15) is 10.8 Å². The van der Waals surface area contributed by atoms with Crippen LogP contribution >= 0.6 is 11.3 Å². The van der Waals surface area contributed by atoms with E-state index in [4.69, 9.17) is 4.42 Å². The molecule has 5 nitrogen and oxygen atoms in total. The number of nitrogens with one attached hydrogen (secondary N) is 1. The van der Waals surface area contributed by atoms with Crippen LogP contribution in [0.5, 0.6) is 0 Å². The highest BCUT2D eigenvalue weighted by atomic mass is 32.1. The molecule has 3 aromatic rings. The standard InChI is InChI=1S/C24H28FN3O2S/c1-3-19-16-20(24(31-19)26-23(29)21-9-6-14-30-21)22(17-7-5-8-18(25)15-17)28-12-10-27(4-2)11-13-28/h5-9,14-16,22H,3-4,10-13H2,1-2H3,(H,26,29)/t22-/m0/s1. The minimum Gasteiger partial charge on any atom is -0.459 e. The second-order valence-corrected chi connectivity index (χ2v) is 8.85. The zero-order valence-electron chi connectivity index (χ0n) is 17.9. The highest BCUT2D eigenvalue weighted by Gasteiger charge is 2.30. The molecule has 164 valence electrons. The van der Waals surface area contributed by atoms with Gasteiger partial charge in [0.05, 0.1) is 12.3 Å². The lowest BCUT2D eigenvalue weighted by Crippen LogP contribution is -2.47. The van der Waals surface area contributed by atoms with E-state index < -0.39 is 0 Å². The van der Waals surface area contributed by atoms with Gasteiger partial charge in [-0.25, -0.2) is 4.39 Å². The van der Waals surface area contributed by atoms with E-state index in [1.165, 1.54) is 17.2 Å². The zero-order chi connectivity index (χ0) is 21.8. The normalized spacial score (nSPS) is 16.4. The number of piperazine rings is 1. The first-order valence-corrected chi connectivity index (χ1v) is 11.6. The number of thiophene rings is 1. The third-order valence-corrected chi connectivity index (χ3v) is 7.02. The van der Waals surface area contributed by atoms with Crippen LogP contribution in [-0.4, -0.2) is 48.4 Å². The Bertz CT molecular complexity index is 1010. The predicted molar refractivity (Wildman–Crippen MR) is 122 cm³/mol. The van der Waals surface area contributed by atoms with E-state index in [2.05, 4.69) is 35.0 Å². The summed E-state index contributed by atoms with van der Waals surface area (Å²) in [5.74, 6) is -0.248. The molecule has 1 aromatic carbocycles. The highest BCUT2D eigenvalue weighted by Crippen LogP contribution is 2.40. The number of rotatable bonds is 7. The molecule has 0 radical (unpaired) electrons. The van der Waals surface area contributed by atoms with Crippen molar-refractivity contribution < 1.29 is 13.6 Å². The Hall–Kier alpha value is -2.48. The van der Waals surface area contributed by atoms with Crippen molar-refractivity contribution in [3.05, 3.63) is 76.3 Å². The van der Waals surface area contributed by atoms with Crippen LogP contribution in [0.2, 0.25) is 0 Å². The van der Waals surface area contributed by atoms with Crippen LogP contribution in [0.3, 0.4) is 0 Å². The number of halogens is 1. The van der Waals surface area contributed by atoms with Gasteiger partial charge in [0.25, 0.3) is 5.91 Å². The number of benzene rings is 1. The molecule has 0 saturated carbocycles. The summed E-state index contributed by atoms with van der Waals surface area (Å²) in [6.07, 6.45) is 2.36. The summed E-state index contributed by atoms with van der Waals surface area (Å²) in [5, 5.41) is 3.84. The molecule has 0 aliphatic carbocycles. The van der Waals surface area contributed by atoms with Crippen LogP contribution in [0, 0.1) is 5.82 Å². The Kier molecular flexibility index (Phi) is 6.85. The summed E-state index contributed by atoms with van der Waals surface area (Å²) in [6.45, 7) is 9.03. The molecule has 1 amide bonds. The van der Waals surface area contributed by atoms with E-state index in [0.29, 0.717) is 0 Å². The van der Waals surface area contributed by atoms with Gasteiger partial charge in [-0.2, -0.15) is 0 Å². The zero-order valence-corrected chi connectivity index (χ0v) is 18.8. The van der Waals surface area contributed by atoms with Crippen molar-refractivity contribution in [2.75, 3.05) is 38.0 Å². The molecule has 1 atom stereocenters.